The summed E-state index contributed by atoms with van der Waals surface area (Å²) >= 11 is 6.66. The lowest BCUT2D eigenvalue weighted by molar-refractivity contribution is -0.140. The molecule has 0 amide bonds. The van der Waals surface area contributed by atoms with Crippen molar-refractivity contribution in [3.05, 3.63) is 21.6 Å². The van der Waals surface area contributed by atoms with Crippen molar-refractivity contribution in [1.29, 1.82) is 0 Å². The van der Waals surface area contributed by atoms with Crippen LogP contribution in [-0.2, 0) is 19.0 Å². The third-order valence-corrected chi connectivity index (χ3v) is 4.63. The van der Waals surface area contributed by atoms with Gasteiger partial charge in [-0.1, -0.05) is 43.9 Å². The largest absolute Gasteiger partial charge is 0.469 e. The first kappa shape index (κ1) is 22.4. The summed E-state index contributed by atoms with van der Waals surface area (Å²) in [7, 11) is 2.93. The van der Waals surface area contributed by atoms with E-state index in [1.54, 1.807) is 12.1 Å². The zero-order valence-electron chi connectivity index (χ0n) is 14.4. The molecule has 1 aliphatic heterocycles. The fourth-order valence-corrected chi connectivity index (χ4v) is 3.49. The number of ether oxygens (including phenoxy) is 3. The van der Waals surface area contributed by atoms with E-state index in [4.69, 9.17) is 9.47 Å². The molecule has 0 aliphatic carbocycles. The number of halogens is 2. The van der Waals surface area contributed by atoms with Crippen molar-refractivity contribution >= 4 is 37.8 Å². The fourth-order valence-electron chi connectivity index (χ4n) is 2.49. The fraction of sp³-hybridized carbons (Fsp3) is 0.611. The average molecular weight is 480 g/mol. The van der Waals surface area contributed by atoms with Crippen LogP contribution in [0.5, 0.6) is 0 Å². The van der Waals surface area contributed by atoms with Gasteiger partial charge in [-0.25, -0.2) is 0 Å². The van der Waals surface area contributed by atoms with Crippen molar-refractivity contribution in [3.63, 3.8) is 0 Å². The quantitative estimate of drug-likeness (QED) is 0.250. The second-order valence-corrected chi connectivity index (χ2v) is 6.94. The molecule has 0 spiro atoms. The van der Waals surface area contributed by atoms with Gasteiger partial charge in [-0.3, -0.25) is 4.79 Å². The van der Waals surface area contributed by atoms with Gasteiger partial charge >= 0.3 is 5.97 Å². The summed E-state index contributed by atoms with van der Waals surface area (Å²) in [5.74, 6) is 5.66. The number of carbonyl (C=O) groups is 1. The molecule has 1 N–H and O–H groups in total. The SMILES string of the molecule is COC(=O)CCCC#CC1OC(CCC=C(Br)C=CBr)C(OC)C1O. The van der Waals surface area contributed by atoms with Gasteiger partial charge in [-0.05, 0) is 30.3 Å². The van der Waals surface area contributed by atoms with Crippen molar-refractivity contribution in [2.75, 3.05) is 14.2 Å². The van der Waals surface area contributed by atoms with Crippen molar-refractivity contribution in [2.45, 2.75) is 56.5 Å². The maximum atomic E-state index is 11.0. The summed E-state index contributed by atoms with van der Waals surface area (Å²) in [6.07, 6.45) is 5.00. The number of rotatable bonds is 8. The Bertz CT molecular complexity index is 535. The van der Waals surface area contributed by atoms with Gasteiger partial charge in [-0.15, -0.1) is 5.92 Å². The number of allylic oxidation sites excluding steroid dienone is 3. The number of methoxy groups -OCH3 is 2. The van der Waals surface area contributed by atoms with E-state index >= 15 is 0 Å². The zero-order chi connectivity index (χ0) is 18.7. The number of unbranched alkanes of at least 4 members (excludes halogenated alkanes) is 1. The first-order valence-electron chi connectivity index (χ1n) is 8.07. The molecule has 0 bridgehead atoms. The Morgan fingerprint density at radius 3 is 2.80 bits per heavy atom. The number of carbonyl (C=O) groups excluding carboxylic acids is 1. The molecule has 7 heteroatoms. The predicted octanol–water partition coefficient (Wildman–Crippen LogP) is 3.44. The summed E-state index contributed by atoms with van der Waals surface area (Å²) in [5, 5.41) is 10.3. The van der Waals surface area contributed by atoms with Crippen LogP contribution >= 0.6 is 31.9 Å². The molecule has 0 saturated carbocycles. The van der Waals surface area contributed by atoms with Crippen LogP contribution in [0.15, 0.2) is 21.6 Å². The Kier molecular flexibility index (Phi) is 11.3. The molecule has 1 fully saturated rings. The van der Waals surface area contributed by atoms with Gasteiger partial charge in [0.25, 0.3) is 0 Å². The van der Waals surface area contributed by atoms with Gasteiger partial charge in [0.05, 0.1) is 13.2 Å². The highest BCUT2D eigenvalue weighted by atomic mass is 79.9. The Morgan fingerprint density at radius 2 is 2.16 bits per heavy atom. The van der Waals surface area contributed by atoms with Crippen molar-refractivity contribution in [2.24, 2.45) is 0 Å². The summed E-state index contributed by atoms with van der Waals surface area (Å²) < 4.78 is 16.8. The van der Waals surface area contributed by atoms with Gasteiger partial charge in [0.1, 0.15) is 18.3 Å². The molecule has 1 saturated heterocycles. The second-order valence-electron chi connectivity index (χ2n) is 5.50. The third-order valence-electron chi connectivity index (χ3n) is 3.77. The molecule has 1 rings (SSSR count). The van der Waals surface area contributed by atoms with Crippen LogP contribution in [0.2, 0.25) is 0 Å². The van der Waals surface area contributed by atoms with Gasteiger partial charge in [0.2, 0.25) is 0 Å². The van der Waals surface area contributed by atoms with E-state index in [9.17, 15) is 9.90 Å². The molecule has 0 aromatic heterocycles. The monoisotopic (exact) mass is 478 g/mol. The Morgan fingerprint density at radius 1 is 1.40 bits per heavy atom. The average Bonchev–Trinajstić information content (AvgIpc) is 2.89. The molecule has 4 atom stereocenters. The molecule has 140 valence electrons. The predicted molar refractivity (Wildman–Crippen MR) is 103 cm³/mol. The van der Waals surface area contributed by atoms with E-state index in [0.29, 0.717) is 19.3 Å². The maximum Gasteiger partial charge on any atom is 0.305 e. The minimum absolute atomic E-state index is 0.209. The minimum Gasteiger partial charge on any atom is -0.469 e. The molecule has 5 nitrogen and oxygen atoms in total. The van der Waals surface area contributed by atoms with E-state index in [2.05, 4.69) is 48.4 Å². The number of hydrogen-bond acceptors (Lipinski definition) is 5. The molecule has 1 heterocycles. The van der Waals surface area contributed by atoms with Crippen LogP contribution in [0.25, 0.3) is 0 Å². The van der Waals surface area contributed by atoms with E-state index in [-0.39, 0.29) is 12.1 Å². The lowest BCUT2D eigenvalue weighted by Gasteiger charge is -2.17. The van der Waals surface area contributed by atoms with Gasteiger partial charge in [0, 0.05) is 24.4 Å². The number of aliphatic hydroxyl groups excluding tert-OH is 1. The highest BCUT2D eigenvalue weighted by Crippen LogP contribution is 2.27. The lowest BCUT2D eigenvalue weighted by atomic mass is 10.0. The number of aliphatic hydroxyl groups is 1. The number of esters is 1. The zero-order valence-corrected chi connectivity index (χ0v) is 17.6. The van der Waals surface area contributed by atoms with Crippen molar-refractivity contribution < 1.29 is 24.1 Å². The molecular formula is C18H24Br2O5. The van der Waals surface area contributed by atoms with Crippen LogP contribution in [0.4, 0.5) is 0 Å². The van der Waals surface area contributed by atoms with Crippen LogP contribution in [0, 0.1) is 11.8 Å². The van der Waals surface area contributed by atoms with Crippen LogP contribution in [0.3, 0.4) is 0 Å². The summed E-state index contributed by atoms with van der Waals surface area (Å²) in [5.41, 5.74) is 0. The van der Waals surface area contributed by atoms with E-state index in [0.717, 1.165) is 17.3 Å². The maximum absolute atomic E-state index is 11.0. The van der Waals surface area contributed by atoms with E-state index < -0.39 is 18.3 Å². The van der Waals surface area contributed by atoms with Gasteiger partial charge in [-0.2, -0.15) is 0 Å². The highest BCUT2D eigenvalue weighted by Gasteiger charge is 2.42. The molecule has 4 unspecified atom stereocenters. The first-order valence-corrected chi connectivity index (χ1v) is 9.78. The Hall–Kier alpha value is -0.650. The first-order chi connectivity index (χ1) is 12.0. The van der Waals surface area contributed by atoms with Crippen LogP contribution < -0.4 is 0 Å². The van der Waals surface area contributed by atoms with Crippen LogP contribution in [-0.4, -0.2) is 49.7 Å². The Balaban J connectivity index is 2.50. The molecule has 25 heavy (non-hydrogen) atoms. The number of hydrogen-bond donors (Lipinski definition) is 1. The topological polar surface area (TPSA) is 65.0 Å². The molecule has 0 aromatic rings. The van der Waals surface area contributed by atoms with Crippen molar-refractivity contribution in [3.8, 4) is 11.8 Å². The van der Waals surface area contributed by atoms with Crippen molar-refractivity contribution in [1.82, 2.24) is 0 Å². The molecule has 0 radical (unpaired) electrons. The molecule has 0 aromatic carbocycles. The lowest BCUT2D eigenvalue weighted by Crippen LogP contribution is -2.34. The highest BCUT2D eigenvalue weighted by molar-refractivity contribution is 9.12. The standard InChI is InChI=1S/C18H24Br2O5/c1-23-16(21)10-5-3-4-8-14-17(22)18(24-2)15(25-14)9-6-7-13(20)11-12-19/h7,11-12,14-15,17-18,22H,3,5-6,9-10H2,1-2H3. The summed E-state index contributed by atoms with van der Waals surface area (Å²) in [4.78, 5) is 12.8. The normalized spacial score (nSPS) is 26.5. The summed E-state index contributed by atoms with van der Waals surface area (Å²) in [6.45, 7) is 0. The summed E-state index contributed by atoms with van der Waals surface area (Å²) in [6, 6.07) is 0. The minimum atomic E-state index is -0.780. The smallest absolute Gasteiger partial charge is 0.305 e. The van der Waals surface area contributed by atoms with E-state index in [1.165, 1.54) is 7.11 Å². The second kappa shape index (κ2) is 12.7. The Labute approximate surface area is 166 Å². The van der Waals surface area contributed by atoms with Gasteiger partial charge < -0.3 is 19.3 Å². The van der Waals surface area contributed by atoms with Gasteiger partial charge in [0.15, 0.2) is 0 Å². The van der Waals surface area contributed by atoms with Crippen LogP contribution in [0.1, 0.15) is 32.1 Å². The third kappa shape index (κ3) is 8.06. The molecular weight excluding hydrogens is 456 g/mol. The molecule has 1 aliphatic rings. The van der Waals surface area contributed by atoms with E-state index in [1.807, 2.05) is 12.2 Å².